The Kier molecular flexibility index (Phi) is 9.57. The second kappa shape index (κ2) is 16.1. The van der Waals surface area contributed by atoms with Crippen LogP contribution in [0.4, 0.5) is 34.1 Å². The van der Waals surface area contributed by atoms with Gasteiger partial charge in [0.1, 0.15) is 0 Å². The summed E-state index contributed by atoms with van der Waals surface area (Å²) in [6, 6.07) is 92.0. The van der Waals surface area contributed by atoms with Crippen LogP contribution in [-0.4, -0.2) is 0 Å². The Morgan fingerprint density at radius 3 is 1.02 bits per heavy atom. The molecule has 11 rings (SSSR count). The van der Waals surface area contributed by atoms with Crippen LogP contribution in [0.1, 0.15) is 0 Å². The maximum absolute atomic E-state index is 2.40. The number of anilines is 6. The summed E-state index contributed by atoms with van der Waals surface area (Å²) >= 11 is 0. The molecule has 2 nitrogen and oxygen atoms in total. The summed E-state index contributed by atoms with van der Waals surface area (Å²) in [5.41, 5.74) is 13.8. The normalized spacial score (nSPS) is 11.2. The fourth-order valence-corrected chi connectivity index (χ4v) is 8.95. The van der Waals surface area contributed by atoms with E-state index in [1.807, 2.05) is 0 Å². The van der Waals surface area contributed by atoms with E-state index in [0.717, 1.165) is 45.3 Å². The minimum Gasteiger partial charge on any atom is -0.310 e. The largest absolute Gasteiger partial charge is 0.310 e. The summed E-state index contributed by atoms with van der Waals surface area (Å²) < 4.78 is 0. The summed E-state index contributed by atoms with van der Waals surface area (Å²) in [6.45, 7) is 0. The van der Waals surface area contributed by atoms with Crippen LogP contribution in [-0.2, 0) is 0 Å². The summed E-state index contributed by atoms with van der Waals surface area (Å²) in [5.74, 6) is 0. The third kappa shape index (κ3) is 6.94. The Balaban J connectivity index is 0.972. The van der Waals surface area contributed by atoms with Gasteiger partial charge in [0.25, 0.3) is 0 Å². The molecule has 0 aliphatic rings. The molecule has 0 amide bonds. The van der Waals surface area contributed by atoms with Gasteiger partial charge in [-0.05, 0) is 116 Å². The van der Waals surface area contributed by atoms with Crippen molar-refractivity contribution in [1.29, 1.82) is 0 Å². The van der Waals surface area contributed by atoms with E-state index in [0.29, 0.717) is 0 Å². The smallest absolute Gasteiger partial charge is 0.0546 e. The van der Waals surface area contributed by atoms with E-state index in [2.05, 4.69) is 265 Å². The van der Waals surface area contributed by atoms with Gasteiger partial charge in [-0.2, -0.15) is 0 Å². The Labute approximate surface area is 362 Å². The Morgan fingerprint density at radius 2 is 0.532 bits per heavy atom. The number of rotatable bonds is 9. The first-order valence-corrected chi connectivity index (χ1v) is 21.3. The van der Waals surface area contributed by atoms with Crippen LogP contribution in [0, 0.1) is 0 Å². The van der Waals surface area contributed by atoms with Crippen molar-refractivity contribution in [1.82, 2.24) is 0 Å². The number of fused-ring (bicyclic) bond motifs is 4. The molecule has 0 bridgehead atoms. The zero-order valence-electron chi connectivity index (χ0n) is 34.1. The molecule has 0 spiro atoms. The summed E-state index contributed by atoms with van der Waals surface area (Å²) in [4.78, 5) is 4.78. The van der Waals surface area contributed by atoms with Crippen LogP contribution in [0.5, 0.6) is 0 Å². The summed E-state index contributed by atoms with van der Waals surface area (Å²) in [6.07, 6.45) is 0. The number of nitrogens with zero attached hydrogens (tertiary/aromatic N) is 2. The fraction of sp³-hybridized carbons (Fsp3) is 0. The quantitative estimate of drug-likeness (QED) is 0.134. The molecular formula is C60H42N2. The SMILES string of the molecule is c1ccc(-c2ccc(N(c3ccc(-c4ccc(N(c5ccc(-c6ccccc6)cc5)c5cc6ccccc6c6ccccc56)cc4)cc3)c3cccc4ccccc34)cc2)cc1. The Hall–Kier alpha value is -8.20. The van der Waals surface area contributed by atoms with Crippen molar-refractivity contribution in [3.63, 3.8) is 0 Å². The molecule has 292 valence electrons. The van der Waals surface area contributed by atoms with E-state index in [1.54, 1.807) is 0 Å². The molecule has 0 saturated heterocycles. The predicted molar refractivity (Wildman–Crippen MR) is 265 cm³/mol. The molecule has 0 unspecified atom stereocenters. The molecule has 0 aromatic heterocycles. The van der Waals surface area contributed by atoms with Crippen LogP contribution in [0.3, 0.4) is 0 Å². The fourth-order valence-electron chi connectivity index (χ4n) is 8.95. The van der Waals surface area contributed by atoms with Crippen LogP contribution >= 0.6 is 0 Å². The van der Waals surface area contributed by atoms with Crippen molar-refractivity contribution in [2.24, 2.45) is 0 Å². The van der Waals surface area contributed by atoms with Gasteiger partial charge in [-0.1, -0.05) is 194 Å². The first-order valence-electron chi connectivity index (χ1n) is 21.3. The standard InChI is InChI=1S/C60H42N2/c1-3-14-43(15-4-1)45-26-34-51(35-27-45)61(59-25-13-20-49-18-7-10-22-56(49)59)52-36-30-47(31-37-52)48-32-40-54(41-33-48)62(53-38-28-46(29-39-53)44-16-5-2-6-17-44)60-42-50-19-8-9-21-55(50)57-23-11-12-24-58(57)60/h1-42H. The lowest BCUT2D eigenvalue weighted by molar-refractivity contribution is 1.29. The highest BCUT2D eigenvalue weighted by Gasteiger charge is 2.19. The molecule has 11 aromatic carbocycles. The third-order valence-corrected chi connectivity index (χ3v) is 12.0. The van der Waals surface area contributed by atoms with Crippen LogP contribution in [0.25, 0.3) is 65.7 Å². The molecule has 0 aliphatic heterocycles. The van der Waals surface area contributed by atoms with Gasteiger partial charge in [0.2, 0.25) is 0 Å². The monoisotopic (exact) mass is 790 g/mol. The Bertz CT molecular complexity index is 3300. The molecule has 0 saturated carbocycles. The molecule has 62 heavy (non-hydrogen) atoms. The third-order valence-electron chi connectivity index (χ3n) is 12.0. The number of benzene rings is 11. The van der Waals surface area contributed by atoms with Gasteiger partial charge in [-0.25, -0.2) is 0 Å². The average Bonchev–Trinajstić information content (AvgIpc) is 3.36. The van der Waals surface area contributed by atoms with Crippen molar-refractivity contribution >= 4 is 66.4 Å². The van der Waals surface area contributed by atoms with Crippen LogP contribution in [0.2, 0.25) is 0 Å². The van der Waals surface area contributed by atoms with Crippen molar-refractivity contribution in [3.05, 3.63) is 255 Å². The van der Waals surface area contributed by atoms with Gasteiger partial charge in [0, 0.05) is 33.5 Å². The van der Waals surface area contributed by atoms with Crippen molar-refractivity contribution < 1.29 is 0 Å². The van der Waals surface area contributed by atoms with E-state index in [1.165, 1.54) is 54.6 Å². The first-order chi connectivity index (χ1) is 30.7. The van der Waals surface area contributed by atoms with Crippen LogP contribution < -0.4 is 9.80 Å². The Morgan fingerprint density at radius 1 is 0.194 bits per heavy atom. The molecule has 2 heteroatoms. The van der Waals surface area contributed by atoms with E-state index in [-0.39, 0.29) is 0 Å². The molecule has 0 aliphatic carbocycles. The minimum atomic E-state index is 1.10. The minimum absolute atomic E-state index is 1.10. The van der Waals surface area contributed by atoms with Gasteiger partial charge < -0.3 is 9.80 Å². The average molecular weight is 791 g/mol. The van der Waals surface area contributed by atoms with Crippen molar-refractivity contribution in [2.45, 2.75) is 0 Å². The number of hydrogen-bond acceptors (Lipinski definition) is 2. The second-order valence-electron chi connectivity index (χ2n) is 15.8. The molecule has 11 aromatic rings. The highest BCUT2D eigenvalue weighted by atomic mass is 15.1. The summed E-state index contributed by atoms with van der Waals surface area (Å²) in [5, 5.41) is 7.35. The molecule has 0 fully saturated rings. The van der Waals surface area contributed by atoms with Crippen molar-refractivity contribution in [3.8, 4) is 33.4 Å². The summed E-state index contributed by atoms with van der Waals surface area (Å²) in [7, 11) is 0. The van der Waals surface area contributed by atoms with Gasteiger partial charge in [0.15, 0.2) is 0 Å². The van der Waals surface area contributed by atoms with Crippen molar-refractivity contribution in [2.75, 3.05) is 9.80 Å². The maximum Gasteiger partial charge on any atom is 0.0546 e. The van der Waals surface area contributed by atoms with Gasteiger partial charge in [-0.15, -0.1) is 0 Å². The van der Waals surface area contributed by atoms with Gasteiger partial charge in [0.05, 0.1) is 11.4 Å². The predicted octanol–water partition coefficient (Wildman–Crippen LogP) is 17.1. The van der Waals surface area contributed by atoms with E-state index in [9.17, 15) is 0 Å². The van der Waals surface area contributed by atoms with Gasteiger partial charge in [-0.3, -0.25) is 0 Å². The highest BCUT2D eigenvalue weighted by molar-refractivity contribution is 6.14. The van der Waals surface area contributed by atoms with E-state index in [4.69, 9.17) is 0 Å². The second-order valence-corrected chi connectivity index (χ2v) is 15.8. The molecular weight excluding hydrogens is 749 g/mol. The molecule has 0 heterocycles. The zero-order chi connectivity index (χ0) is 41.2. The maximum atomic E-state index is 2.40. The molecule has 0 N–H and O–H groups in total. The lowest BCUT2D eigenvalue weighted by Crippen LogP contribution is -2.11. The molecule has 0 atom stereocenters. The topological polar surface area (TPSA) is 6.48 Å². The number of hydrogen-bond donors (Lipinski definition) is 0. The van der Waals surface area contributed by atoms with Gasteiger partial charge >= 0.3 is 0 Å². The van der Waals surface area contributed by atoms with Crippen LogP contribution in [0.15, 0.2) is 255 Å². The van der Waals surface area contributed by atoms with E-state index >= 15 is 0 Å². The lowest BCUT2D eigenvalue weighted by atomic mass is 9.98. The highest BCUT2D eigenvalue weighted by Crippen LogP contribution is 2.44. The zero-order valence-corrected chi connectivity index (χ0v) is 34.1. The molecule has 0 radical (unpaired) electrons. The first kappa shape index (κ1) is 36.8. The lowest BCUT2D eigenvalue weighted by Gasteiger charge is -2.28. The van der Waals surface area contributed by atoms with E-state index < -0.39 is 0 Å².